The van der Waals surface area contributed by atoms with Crippen LogP contribution < -0.4 is 15.4 Å². The Morgan fingerprint density at radius 1 is 1.42 bits per heavy atom. The second kappa shape index (κ2) is 6.10. The van der Waals surface area contributed by atoms with Crippen LogP contribution in [0.15, 0.2) is 12.1 Å². The number of ether oxygens (including phenoxy) is 1. The number of nitrogens with two attached hydrogens (primary N) is 1. The summed E-state index contributed by atoms with van der Waals surface area (Å²) in [5, 5.41) is 9.82. The summed E-state index contributed by atoms with van der Waals surface area (Å²) in [7, 11) is 1.80. The first-order valence-electron chi connectivity index (χ1n) is 6.40. The van der Waals surface area contributed by atoms with Crippen LogP contribution in [-0.2, 0) is 0 Å². The third-order valence-corrected chi connectivity index (χ3v) is 2.58. The minimum absolute atomic E-state index is 0.189. The highest BCUT2D eigenvalue weighted by atomic mass is 19.1. The number of anilines is 2. The molecule has 1 aromatic rings. The first kappa shape index (κ1) is 15.6. The maximum absolute atomic E-state index is 13.7. The molecule has 0 radical (unpaired) electrons. The Hall–Kier alpha value is -1.49. The van der Waals surface area contributed by atoms with Crippen LogP contribution in [0.3, 0.4) is 0 Å². The zero-order valence-corrected chi connectivity index (χ0v) is 12.0. The fraction of sp³-hybridized carbons (Fsp3) is 0.571. The van der Waals surface area contributed by atoms with E-state index in [2.05, 4.69) is 0 Å². The molecule has 0 saturated heterocycles. The van der Waals surface area contributed by atoms with E-state index in [9.17, 15) is 9.50 Å². The molecule has 1 aromatic carbocycles. The average molecular weight is 270 g/mol. The van der Waals surface area contributed by atoms with Crippen molar-refractivity contribution in [2.45, 2.75) is 32.8 Å². The number of hydrogen-bond acceptors (Lipinski definition) is 4. The quantitative estimate of drug-likeness (QED) is 0.779. The van der Waals surface area contributed by atoms with Crippen LogP contribution in [-0.4, -0.2) is 30.9 Å². The van der Waals surface area contributed by atoms with Gasteiger partial charge < -0.3 is 20.5 Å². The van der Waals surface area contributed by atoms with Crippen molar-refractivity contribution in [1.82, 2.24) is 0 Å². The number of aliphatic hydroxyl groups is 1. The molecule has 19 heavy (non-hydrogen) atoms. The summed E-state index contributed by atoms with van der Waals surface area (Å²) in [6.07, 6.45) is 0.804. The Bertz CT molecular complexity index is 430. The lowest BCUT2D eigenvalue weighted by Crippen LogP contribution is -2.36. The van der Waals surface area contributed by atoms with Crippen molar-refractivity contribution in [2.75, 3.05) is 30.8 Å². The van der Waals surface area contributed by atoms with Crippen LogP contribution in [0.5, 0.6) is 5.75 Å². The molecular weight excluding hydrogens is 247 g/mol. The van der Waals surface area contributed by atoms with Gasteiger partial charge >= 0.3 is 0 Å². The molecule has 0 amide bonds. The van der Waals surface area contributed by atoms with Gasteiger partial charge in [-0.25, -0.2) is 4.39 Å². The molecule has 0 aliphatic carbocycles. The molecule has 0 unspecified atom stereocenters. The van der Waals surface area contributed by atoms with Crippen molar-refractivity contribution in [3.05, 3.63) is 17.9 Å². The fourth-order valence-electron chi connectivity index (χ4n) is 1.88. The summed E-state index contributed by atoms with van der Waals surface area (Å²) >= 11 is 0. The van der Waals surface area contributed by atoms with Gasteiger partial charge in [0.15, 0.2) is 11.6 Å². The molecule has 0 fully saturated rings. The van der Waals surface area contributed by atoms with E-state index in [0.29, 0.717) is 24.5 Å². The van der Waals surface area contributed by atoms with Crippen molar-refractivity contribution in [2.24, 2.45) is 0 Å². The minimum Gasteiger partial charge on any atom is -0.490 e. The van der Waals surface area contributed by atoms with E-state index >= 15 is 0 Å². The Kier molecular flexibility index (Phi) is 5.00. The van der Waals surface area contributed by atoms with Gasteiger partial charge in [0.25, 0.3) is 0 Å². The number of halogens is 1. The van der Waals surface area contributed by atoms with Crippen LogP contribution in [0.4, 0.5) is 15.8 Å². The van der Waals surface area contributed by atoms with Crippen molar-refractivity contribution in [3.63, 3.8) is 0 Å². The van der Waals surface area contributed by atoms with Crippen molar-refractivity contribution in [1.29, 1.82) is 0 Å². The number of rotatable bonds is 6. The SMILES string of the molecule is CCCOc1cc(N(C)CC(C)(C)O)c(N)cc1F. The molecule has 0 aliphatic rings. The summed E-state index contributed by atoms with van der Waals surface area (Å²) in [5.41, 5.74) is 5.93. The number of hydrogen-bond donors (Lipinski definition) is 2. The predicted molar refractivity (Wildman–Crippen MR) is 76.2 cm³/mol. The second-order valence-electron chi connectivity index (χ2n) is 5.36. The summed E-state index contributed by atoms with van der Waals surface area (Å²) in [6.45, 7) is 6.21. The fourth-order valence-corrected chi connectivity index (χ4v) is 1.88. The number of likely N-dealkylation sites (N-methyl/N-ethyl adjacent to an activating group) is 1. The molecule has 1 rings (SSSR count). The Balaban J connectivity index is 2.99. The predicted octanol–water partition coefficient (Wildman–Crippen LogP) is 2.40. The van der Waals surface area contributed by atoms with Gasteiger partial charge in [0.2, 0.25) is 0 Å². The minimum atomic E-state index is -0.861. The van der Waals surface area contributed by atoms with Crippen molar-refractivity contribution < 1.29 is 14.2 Å². The monoisotopic (exact) mass is 270 g/mol. The smallest absolute Gasteiger partial charge is 0.167 e. The van der Waals surface area contributed by atoms with Gasteiger partial charge in [0.1, 0.15) is 0 Å². The molecule has 0 saturated carbocycles. The standard InChI is InChI=1S/C14H23FN2O2/c1-5-6-19-13-8-12(11(16)7-10(13)15)17(4)9-14(2,3)18/h7-8,18H,5-6,9,16H2,1-4H3. The van der Waals surface area contributed by atoms with E-state index in [1.807, 2.05) is 6.92 Å². The van der Waals surface area contributed by atoms with Gasteiger partial charge in [-0.2, -0.15) is 0 Å². The van der Waals surface area contributed by atoms with Crippen LogP contribution in [0.1, 0.15) is 27.2 Å². The maximum Gasteiger partial charge on any atom is 0.167 e. The summed E-state index contributed by atoms with van der Waals surface area (Å²) in [5.74, 6) is -0.278. The van der Waals surface area contributed by atoms with Crippen molar-refractivity contribution >= 4 is 11.4 Å². The van der Waals surface area contributed by atoms with E-state index in [1.165, 1.54) is 6.07 Å². The summed E-state index contributed by atoms with van der Waals surface area (Å²) in [4.78, 5) is 1.79. The highest BCUT2D eigenvalue weighted by Gasteiger charge is 2.19. The Morgan fingerprint density at radius 3 is 2.58 bits per heavy atom. The van der Waals surface area contributed by atoms with Crippen LogP contribution in [0, 0.1) is 5.82 Å². The molecule has 0 aliphatic heterocycles. The van der Waals surface area contributed by atoms with Gasteiger partial charge in [-0.3, -0.25) is 0 Å². The molecule has 0 spiro atoms. The molecule has 0 atom stereocenters. The first-order chi connectivity index (χ1) is 8.74. The largest absolute Gasteiger partial charge is 0.490 e. The van der Waals surface area contributed by atoms with E-state index in [-0.39, 0.29) is 5.75 Å². The molecular formula is C14H23FN2O2. The summed E-state index contributed by atoms with van der Waals surface area (Å²) < 4.78 is 19.0. The lowest BCUT2D eigenvalue weighted by molar-refractivity contribution is 0.0886. The van der Waals surface area contributed by atoms with E-state index in [0.717, 1.165) is 6.42 Å². The normalized spacial score (nSPS) is 11.5. The third-order valence-electron chi connectivity index (χ3n) is 2.58. The molecule has 5 heteroatoms. The van der Waals surface area contributed by atoms with Gasteiger partial charge in [-0.05, 0) is 20.3 Å². The third kappa shape index (κ3) is 4.59. The second-order valence-corrected chi connectivity index (χ2v) is 5.36. The van der Waals surface area contributed by atoms with Crippen LogP contribution in [0.25, 0.3) is 0 Å². The van der Waals surface area contributed by atoms with E-state index in [4.69, 9.17) is 10.5 Å². The van der Waals surface area contributed by atoms with Crippen LogP contribution in [0.2, 0.25) is 0 Å². The highest BCUT2D eigenvalue weighted by Crippen LogP contribution is 2.31. The zero-order chi connectivity index (χ0) is 14.6. The average Bonchev–Trinajstić information content (AvgIpc) is 2.25. The van der Waals surface area contributed by atoms with Gasteiger partial charge in [0, 0.05) is 25.7 Å². The molecule has 0 heterocycles. The topological polar surface area (TPSA) is 58.7 Å². The lowest BCUT2D eigenvalue weighted by Gasteiger charge is -2.28. The van der Waals surface area contributed by atoms with Gasteiger partial charge in [-0.1, -0.05) is 6.92 Å². The Morgan fingerprint density at radius 2 is 2.05 bits per heavy atom. The molecule has 0 aromatic heterocycles. The zero-order valence-electron chi connectivity index (χ0n) is 12.0. The number of nitrogens with zero attached hydrogens (tertiary/aromatic N) is 1. The first-order valence-corrected chi connectivity index (χ1v) is 6.40. The van der Waals surface area contributed by atoms with E-state index in [1.54, 1.807) is 31.9 Å². The molecule has 3 N–H and O–H groups in total. The lowest BCUT2D eigenvalue weighted by atomic mass is 10.1. The number of nitrogen functional groups attached to an aromatic ring is 1. The molecule has 4 nitrogen and oxygen atoms in total. The maximum atomic E-state index is 13.7. The van der Waals surface area contributed by atoms with Crippen molar-refractivity contribution in [3.8, 4) is 5.75 Å². The van der Waals surface area contributed by atoms with E-state index < -0.39 is 11.4 Å². The Labute approximate surface area is 114 Å². The highest BCUT2D eigenvalue weighted by molar-refractivity contribution is 5.69. The summed E-state index contributed by atoms with van der Waals surface area (Å²) in [6, 6.07) is 2.83. The number of benzene rings is 1. The molecule has 108 valence electrons. The van der Waals surface area contributed by atoms with Crippen LogP contribution >= 0.6 is 0 Å². The van der Waals surface area contributed by atoms with Gasteiger partial charge in [0.05, 0.1) is 23.6 Å². The van der Waals surface area contributed by atoms with Gasteiger partial charge in [-0.15, -0.1) is 0 Å². The molecule has 0 bridgehead atoms.